The molecule has 0 fully saturated rings. The highest BCUT2D eigenvalue weighted by Crippen LogP contribution is 2.32. The summed E-state index contributed by atoms with van der Waals surface area (Å²) in [5, 5.41) is 8.71. The van der Waals surface area contributed by atoms with Crippen LogP contribution in [0.4, 0.5) is 0 Å². The number of carboxylic acid groups (broad SMARTS) is 1. The zero-order valence-electron chi connectivity index (χ0n) is 9.77. The van der Waals surface area contributed by atoms with Crippen molar-refractivity contribution in [3.8, 4) is 0 Å². The highest BCUT2D eigenvalue weighted by molar-refractivity contribution is 9.13. The molecule has 0 aromatic heterocycles. The van der Waals surface area contributed by atoms with E-state index in [9.17, 15) is 4.79 Å². The van der Waals surface area contributed by atoms with E-state index in [1.54, 1.807) is 11.8 Å². The molecule has 19 heavy (non-hydrogen) atoms. The lowest BCUT2D eigenvalue weighted by Crippen LogP contribution is -1.99. The third-order valence-corrected chi connectivity index (χ3v) is 5.28. The number of aliphatic carboxylic acids is 1. The van der Waals surface area contributed by atoms with Crippen LogP contribution >= 0.6 is 43.6 Å². The van der Waals surface area contributed by atoms with Crippen LogP contribution in [0.1, 0.15) is 5.56 Å². The van der Waals surface area contributed by atoms with E-state index in [1.807, 2.05) is 42.5 Å². The van der Waals surface area contributed by atoms with Crippen molar-refractivity contribution in [2.24, 2.45) is 0 Å². The summed E-state index contributed by atoms with van der Waals surface area (Å²) in [6.07, 6.45) is 0.0643. The van der Waals surface area contributed by atoms with Crippen molar-refractivity contribution in [1.82, 2.24) is 0 Å². The molecule has 98 valence electrons. The number of carboxylic acids is 1. The fourth-order valence-electron chi connectivity index (χ4n) is 1.53. The zero-order valence-corrected chi connectivity index (χ0v) is 13.8. The SMILES string of the molecule is O=C(O)Cc1ccc(Sc2ccc(Br)c(Br)c2)cc1. The van der Waals surface area contributed by atoms with E-state index in [0.717, 1.165) is 24.3 Å². The highest BCUT2D eigenvalue weighted by atomic mass is 79.9. The molecule has 0 aliphatic carbocycles. The van der Waals surface area contributed by atoms with Crippen molar-refractivity contribution in [2.45, 2.75) is 16.2 Å². The predicted molar refractivity (Wildman–Crippen MR) is 83.7 cm³/mol. The minimum Gasteiger partial charge on any atom is -0.481 e. The minimum atomic E-state index is -0.808. The second-order valence-electron chi connectivity index (χ2n) is 3.89. The lowest BCUT2D eigenvalue weighted by molar-refractivity contribution is -0.136. The first kappa shape index (κ1) is 14.6. The Balaban J connectivity index is 2.10. The Bertz CT molecular complexity index is 597. The molecule has 2 aromatic rings. The average molecular weight is 402 g/mol. The topological polar surface area (TPSA) is 37.3 Å². The number of benzene rings is 2. The number of hydrogen-bond acceptors (Lipinski definition) is 2. The van der Waals surface area contributed by atoms with Crippen molar-refractivity contribution in [2.75, 3.05) is 0 Å². The Morgan fingerprint density at radius 1 is 1.00 bits per heavy atom. The maximum absolute atomic E-state index is 10.6. The van der Waals surface area contributed by atoms with E-state index >= 15 is 0 Å². The van der Waals surface area contributed by atoms with Crippen LogP contribution in [0, 0.1) is 0 Å². The second kappa shape index (κ2) is 6.59. The molecule has 0 atom stereocenters. The zero-order chi connectivity index (χ0) is 13.8. The summed E-state index contributed by atoms with van der Waals surface area (Å²) in [7, 11) is 0. The Morgan fingerprint density at radius 3 is 2.21 bits per heavy atom. The summed E-state index contributed by atoms with van der Waals surface area (Å²) in [4.78, 5) is 12.8. The molecule has 0 heterocycles. The highest BCUT2D eigenvalue weighted by Gasteiger charge is 2.03. The fourth-order valence-corrected chi connectivity index (χ4v) is 3.16. The first-order valence-corrected chi connectivity index (χ1v) is 7.88. The van der Waals surface area contributed by atoms with Crippen LogP contribution in [0.15, 0.2) is 61.2 Å². The Hall–Kier alpha value is -0.780. The van der Waals surface area contributed by atoms with E-state index < -0.39 is 5.97 Å². The van der Waals surface area contributed by atoms with Crippen molar-refractivity contribution in [3.05, 3.63) is 57.0 Å². The molecule has 0 bridgehead atoms. The van der Waals surface area contributed by atoms with Crippen LogP contribution in [-0.4, -0.2) is 11.1 Å². The van der Waals surface area contributed by atoms with Gasteiger partial charge in [-0.2, -0.15) is 0 Å². The van der Waals surface area contributed by atoms with Gasteiger partial charge in [0.2, 0.25) is 0 Å². The van der Waals surface area contributed by atoms with Crippen LogP contribution in [0.25, 0.3) is 0 Å². The van der Waals surface area contributed by atoms with Crippen molar-refractivity contribution in [1.29, 1.82) is 0 Å². The summed E-state index contributed by atoms with van der Waals surface area (Å²) in [6, 6.07) is 13.7. The summed E-state index contributed by atoms with van der Waals surface area (Å²) in [6.45, 7) is 0. The lowest BCUT2D eigenvalue weighted by atomic mass is 10.2. The molecule has 0 radical (unpaired) electrons. The largest absolute Gasteiger partial charge is 0.481 e. The van der Waals surface area contributed by atoms with E-state index in [0.29, 0.717) is 0 Å². The molecule has 0 aliphatic rings. The first-order valence-electron chi connectivity index (χ1n) is 5.48. The molecule has 2 aromatic carbocycles. The van der Waals surface area contributed by atoms with Gasteiger partial charge in [0.05, 0.1) is 6.42 Å². The van der Waals surface area contributed by atoms with Crippen molar-refractivity contribution in [3.63, 3.8) is 0 Å². The number of rotatable bonds is 4. The van der Waals surface area contributed by atoms with Gasteiger partial charge in [-0.15, -0.1) is 0 Å². The van der Waals surface area contributed by atoms with E-state index in [2.05, 4.69) is 31.9 Å². The van der Waals surface area contributed by atoms with Gasteiger partial charge in [0.1, 0.15) is 0 Å². The first-order chi connectivity index (χ1) is 9.04. The van der Waals surface area contributed by atoms with Gasteiger partial charge in [-0.3, -0.25) is 4.79 Å². The van der Waals surface area contributed by atoms with Gasteiger partial charge >= 0.3 is 5.97 Å². The Labute approximate surface area is 132 Å². The monoisotopic (exact) mass is 400 g/mol. The van der Waals surface area contributed by atoms with Gasteiger partial charge in [0.25, 0.3) is 0 Å². The van der Waals surface area contributed by atoms with E-state index in [-0.39, 0.29) is 6.42 Å². The summed E-state index contributed by atoms with van der Waals surface area (Å²) in [5.41, 5.74) is 0.814. The van der Waals surface area contributed by atoms with Gasteiger partial charge in [0, 0.05) is 18.7 Å². The molecule has 2 rings (SSSR count). The van der Waals surface area contributed by atoms with Gasteiger partial charge < -0.3 is 5.11 Å². The van der Waals surface area contributed by atoms with Crippen molar-refractivity contribution < 1.29 is 9.90 Å². The summed E-state index contributed by atoms with van der Waals surface area (Å²) < 4.78 is 2.04. The van der Waals surface area contributed by atoms with Crippen LogP contribution in [0.5, 0.6) is 0 Å². The average Bonchev–Trinajstić information content (AvgIpc) is 2.36. The van der Waals surface area contributed by atoms with E-state index in [4.69, 9.17) is 5.11 Å². The van der Waals surface area contributed by atoms with Crippen molar-refractivity contribution >= 4 is 49.6 Å². The number of hydrogen-bond donors (Lipinski definition) is 1. The maximum atomic E-state index is 10.6. The quantitative estimate of drug-likeness (QED) is 0.783. The molecular formula is C14H10Br2O2S. The van der Waals surface area contributed by atoms with Crippen LogP contribution in [0.2, 0.25) is 0 Å². The molecule has 2 nitrogen and oxygen atoms in total. The molecule has 5 heteroatoms. The molecule has 0 amide bonds. The Kier molecular flexibility index (Phi) is 5.07. The number of halogens is 2. The predicted octanol–water partition coefficient (Wildman–Crippen LogP) is 4.99. The van der Waals surface area contributed by atoms with Gasteiger partial charge in [-0.05, 0) is 67.8 Å². The van der Waals surface area contributed by atoms with Crippen LogP contribution in [-0.2, 0) is 11.2 Å². The van der Waals surface area contributed by atoms with Crippen LogP contribution in [0.3, 0.4) is 0 Å². The molecular weight excluding hydrogens is 392 g/mol. The maximum Gasteiger partial charge on any atom is 0.307 e. The Morgan fingerprint density at radius 2 is 1.63 bits per heavy atom. The third-order valence-electron chi connectivity index (χ3n) is 2.41. The lowest BCUT2D eigenvalue weighted by Gasteiger charge is -2.04. The molecule has 0 spiro atoms. The summed E-state index contributed by atoms with van der Waals surface area (Å²) >= 11 is 8.55. The molecule has 0 aliphatic heterocycles. The van der Waals surface area contributed by atoms with Gasteiger partial charge in [-0.1, -0.05) is 23.9 Å². The second-order valence-corrected chi connectivity index (χ2v) is 6.75. The van der Waals surface area contributed by atoms with Crippen LogP contribution < -0.4 is 0 Å². The van der Waals surface area contributed by atoms with Gasteiger partial charge in [0.15, 0.2) is 0 Å². The molecule has 0 saturated heterocycles. The van der Waals surface area contributed by atoms with Gasteiger partial charge in [-0.25, -0.2) is 0 Å². The minimum absolute atomic E-state index is 0.0643. The van der Waals surface area contributed by atoms with E-state index in [1.165, 1.54) is 0 Å². The fraction of sp³-hybridized carbons (Fsp3) is 0.0714. The standard InChI is InChI=1S/C14H10Br2O2S/c15-12-6-5-11(8-13(12)16)19-10-3-1-9(2-4-10)7-14(17)18/h1-6,8H,7H2,(H,17,18). The summed E-state index contributed by atoms with van der Waals surface area (Å²) in [5.74, 6) is -0.808. The smallest absolute Gasteiger partial charge is 0.307 e. The molecule has 0 unspecified atom stereocenters. The number of carbonyl (C=O) groups is 1. The third kappa shape index (κ3) is 4.37. The normalized spacial score (nSPS) is 10.4. The molecule has 0 saturated carbocycles. The molecule has 1 N–H and O–H groups in total.